The number of aromatic nitrogens is 1. The highest BCUT2D eigenvalue weighted by atomic mass is 32.1. The minimum absolute atomic E-state index is 0.374. The lowest BCUT2D eigenvalue weighted by molar-refractivity contribution is 0.221. The number of benzene rings is 2. The molecule has 1 aliphatic heterocycles. The van der Waals surface area contributed by atoms with Crippen LogP contribution in [-0.4, -0.2) is 28.1 Å². The molecule has 3 aromatic rings. The van der Waals surface area contributed by atoms with E-state index in [0.29, 0.717) is 11.8 Å². The number of hydrogen-bond acceptors (Lipinski definition) is 4. The van der Waals surface area contributed by atoms with Crippen molar-refractivity contribution in [2.24, 2.45) is 0 Å². The summed E-state index contributed by atoms with van der Waals surface area (Å²) in [6, 6.07) is 12.8. The largest absolute Gasteiger partial charge is 0.508 e. The topological polar surface area (TPSA) is 36.4 Å². The first-order chi connectivity index (χ1) is 11.2. The molecule has 4 heteroatoms. The van der Waals surface area contributed by atoms with Crippen molar-refractivity contribution < 1.29 is 5.11 Å². The first-order valence-electron chi connectivity index (χ1n) is 8.09. The highest BCUT2D eigenvalue weighted by molar-refractivity contribution is 7.16. The van der Waals surface area contributed by atoms with Gasteiger partial charge in [0.25, 0.3) is 0 Å². The first-order valence-corrected chi connectivity index (χ1v) is 8.96. The summed E-state index contributed by atoms with van der Waals surface area (Å²) < 4.78 is 1.25. The zero-order valence-corrected chi connectivity index (χ0v) is 14.0. The number of fused-ring (bicyclic) bond motifs is 2. The van der Waals surface area contributed by atoms with E-state index in [9.17, 15) is 5.11 Å². The van der Waals surface area contributed by atoms with Gasteiger partial charge in [-0.1, -0.05) is 12.1 Å². The van der Waals surface area contributed by atoms with Gasteiger partial charge in [0.1, 0.15) is 5.75 Å². The lowest BCUT2D eigenvalue weighted by atomic mass is 10.0. The van der Waals surface area contributed by atoms with Crippen molar-refractivity contribution in [1.29, 1.82) is 0 Å². The molecular weight excluding hydrogens is 304 g/mol. The van der Waals surface area contributed by atoms with E-state index in [4.69, 9.17) is 0 Å². The summed E-state index contributed by atoms with van der Waals surface area (Å²) in [5, 5.41) is 9.69. The maximum absolute atomic E-state index is 9.69. The van der Waals surface area contributed by atoms with E-state index in [2.05, 4.69) is 41.1 Å². The number of hydrogen-bond donors (Lipinski definition) is 1. The van der Waals surface area contributed by atoms with Gasteiger partial charge in [-0.05, 0) is 60.7 Å². The van der Waals surface area contributed by atoms with Crippen molar-refractivity contribution in [3.63, 3.8) is 0 Å². The molecule has 0 saturated heterocycles. The lowest BCUT2D eigenvalue weighted by Gasteiger charge is -2.28. The fraction of sp³-hybridized carbons (Fsp3) is 0.316. The Bertz CT molecular complexity index is 842. The fourth-order valence-electron chi connectivity index (χ4n) is 3.46. The molecule has 3 nitrogen and oxygen atoms in total. The second-order valence-electron chi connectivity index (χ2n) is 6.24. The Labute approximate surface area is 140 Å². The lowest BCUT2D eigenvalue weighted by Crippen LogP contribution is -2.29. The third-order valence-electron chi connectivity index (χ3n) is 4.91. The first kappa shape index (κ1) is 14.7. The van der Waals surface area contributed by atoms with Gasteiger partial charge >= 0.3 is 0 Å². The van der Waals surface area contributed by atoms with E-state index in [1.165, 1.54) is 21.4 Å². The summed E-state index contributed by atoms with van der Waals surface area (Å²) in [7, 11) is 0. The number of phenols is 1. The average Bonchev–Trinajstić information content (AvgIpc) is 2.93. The third kappa shape index (κ3) is 2.84. The summed E-state index contributed by atoms with van der Waals surface area (Å²) in [6.45, 7) is 4.35. The summed E-state index contributed by atoms with van der Waals surface area (Å²) >= 11 is 1.69. The average molecular weight is 324 g/mol. The molecule has 1 aromatic heterocycles. The molecule has 1 atom stereocenters. The molecule has 0 bridgehead atoms. The highest BCUT2D eigenvalue weighted by Crippen LogP contribution is 2.28. The van der Waals surface area contributed by atoms with Crippen molar-refractivity contribution in [3.05, 3.63) is 58.6 Å². The number of aromatic hydroxyl groups is 1. The van der Waals surface area contributed by atoms with Crippen LogP contribution in [0.1, 0.15) is 29.7 Å². The van der Waals surface area contributed by atoms with Crippen LogP contribution in [0.25, 0.3) is 10.2 Å². The molecule has 23 heavy (non-hydrogen) atoms. The Morgan fingerprint density at radius 1 is 1.09 bits per heavy atom. The van der Waals surface area contributed by atoms with Crippen molar-refractivity contribution in [2.45, 2.75) is 25.8 Å². The van der Waals surface area contributed by atoms with E-state index in [1.54, 1.807) is 17.4 Å². The summed E-state index contributed by atoms with van der Waals surface area (Å²) in [4.78, 5) is 6.97. The molecule has 4 rings (SSSR count). The van der Waals surface area contributed by atoms with Gasteiger partial charge in [0.15, 0.2) is 0 Å². The van der Waals surface area contributed by atoms with Gasteiger partial charge in [0, 0.05) is 19.1 Å². The van der Waals surface area contributed by atoms with E-state index >= 15 is 0 Å². The molecule has 2 aromatic carbocycles. The van der Waals surface area contributed by atoms with Crippen molar-refractivity contribution in [2.75, 3.05) is 13.1 Å². The molecule has 0 radical (unpaired) electrons. The van der Waals surface area contributed by atoms with Gasteiger partial charge in [0.05, 0.1) is 15.7 Å². The van der Waals surface area contributed by atoms with E-state index in [0.717, 1.165) is 31.4 Å². The van der Waals surface area contributed by atoms with Crippen LogP contribution in [0, 0.1) is 0 Å². The molecular formula is C19H20N2OS. The zero-order chi connectivity index (χ0) is 15.8. The van der Waals surface area contributed by atoms with Gasteiger partial charge in [-0.2, -0.15) is 0 Å². The summed E-state index contributed by atoms with van der Waals surface area (Å²) in [5.74, 6) is 0.374. The Balaban J connectivity index is 1.56. The minimum Gasteiger partial charge on any atom is -0.508 e. The minimum atomic E-state index is 0.374. The molecule has 0 saturated carbocycles. The molecule has 118 valence electrons. The molecule has 0 amide bonds. The molecule has 0 aliphatic carbocycles. The second kappa shape index (κ2) is 5.95. The van der Waals surface area contributed by atoms with E-state index in [-0.39, 0.29) is 0 Å². The van der Waals surface area contributed by atoms with Gasteiger partial charge in [-0.15, -0.1) is 11.3 Å². The molecule has 0 spiro atoms. The number of rotatable bonds is 2. The van der Waals surface area contributed by atoms with Crippen LogP contribution in [0.15, 0.2) is 41.9 Å². The van der Waals surface area contributed by atoms with Crippen molar-refractivity contribution >= 4 is 21.6 Å². The predicted octanol–water partition coefficient (Wildman–Crippen LogP) is 4.16. The monoisotopic (exact) mass is 324 g/mol. The smallest absolute Gasteiger partial charge is 0.115 e. The van der Waals surface area contributed by atoms with Crippen LogP contribution in [0.4, 0.5) is 0 Å². The number of phenolic OH excluding ortho intramolecular Hbond substituents is 1. The van der Waals surface area contributed by atoms with Crippen molar-refractivity contribution in [1.82, 2.24) is 9.88 Å². The van der Waals surface area contributed by atoms with Crippen LogP contribution in [-0.2, 0) is 12.8 Å². The predicted molar refractivity (Wildman–Crippen MR) is 95.1 cm³/mol. The van der Waals surface area contributed by atoms with Crippen LogP contribution in [0.3, 0.4) is 0 Å². The number of nitrogens with zero attached hydrogens (tertiary/aromatic N) is 2. The normalized spacial score (nSPS) is 16.9. The molecule has 2 heterocycles. The van der Waals surface area contributed by atoms with Crippen LogP contribution < -0.4 is 0 Å². The molecule has 1 N–H and O–H groups in total. The van der Waals surface area contributed by atoms with Crippen LogP contribution in [0.5, 0.6) is 5.75 Å². The molecule has 1 unspecified atom stereocenters. The Morgan fingerprint density at radius 2 is 1.91 bits per heavy atom. The zero-order valence-electron chi connectivity index (χ0n) is 13.2. The van der Waals surface area contributed by atoms with E-state index < -0.39 is 0 Å². The van der Waals surface area contributed by atoms with Gasteiger partial charge < -0.3 is 5.11 Å². The Hall–Kier alpha value is -1.91. The van der Waals surface area contributed by atoms with Crippen LogP contribution >= 0.6 is 11.3 Å². The SMILES string of the molecule is CC(c1ccc2scnc2c1)N1CCc2ccc(O)cc2CC1. The standard InChI is InChI=1S/C19H20N2OS/c1-13(15-3-5-19-18(11-15)20-12-23-19)21-8-6-14-2-4-17(22)10-16(14)7-9-21/h2-5,10-13,22H,6-9H2,1H3. The maximum Gasteiger partial charge on any atom is 0.115 e. The van der Waals surface area contributed by atoms with Gasteiger partial charge in [-0.3, -0.25) is 4.90 Å². The highest BCUT2D eigenvalue weighted by Gasteiger charge is 2.20. The third-order valence-corrected chi connectivity index (χ3v) is 5.72. The molecule has 0 fully saturated rings. The second-order valence-corrected chi connectivity index (χ2v) is 7.13. The van der Waals surface area contributed by atoms with Gasteiger partial charge in [0.2, 0.25) is 0 Å². The van der Waals surface area contributed by atoms with Gasteiger partial charge in [-0.25, -0.2) is 4.98 Å². The summed E-state index contributed by atoms with van der Waals surface area (Å²) in [6.07, 6.45) is 2.03. The maximum atomic E-state index is 9.69. The van der Waals surface area contributed by atoms with E-state index in [1.807, 2.05) is 11.6 Å². The Morgan fingerprint density at radius 3 is 2.78 bits per heavy atom. The fourth-order valence-corrected chi connectivity index (χ4v) is 4.12. The van der Waals surface area contributed by atoms with Crippen molar-refractivity contribution in [3.8, 4) is 5.75 Å². The summed E-state index contributed by atoms with van der Waals surface area (Å²) in [5.41, 5.74) is 7.00. The number of thiazole rings is 1. The quantitative estimate of drug-likeness (QED) is 0.769. The molecule has 1 aliphatic rings. The Kier molecular flexibility index (Phi) is 3.79. The van der Waals surface area contributed by atoms with Crippen LogP contribution in [0.2, 0.25) is 0 Å².